The van der Waals surface area contributed by atoms with Crippen molar-refractivity contribution in [3.8, 4) is 0 Å². The molecule has 7 heteroatoms. The Morgan fingerprint density at radius 3 is 2.82 bits per heavy atom. The van der Waals surface area contributed by atoms with Crippen LogP contribution in [0.1, 0.15) is 13.3 Å². The number of hydrogen-bond donors (Lipinski definition) is 2. The molecule has 0 heterocycles. The lowest BCUT2D eigenvalue weighted by Crippen LogP contribution is -2.19. The van der Waals surface area contributed by atoms with E-state index in [1.165, 1.54) is 6.07 Å². The third-order valence-electron chi connectivity index (χ3n) is 2.04. The molecular weight excluding hydrogens is 339 g/mol. The Balaban J connectivity index is 2.90. The zero-order valence-corrected chi connectivity index (χ0v) is 11.2. The topological polar surface area (TPSA) is 92.5 Å². The lowest BCUT2D eigenvalue weighted by atomic mass is 10.2. The first-order valence-corrected chi connectivity index (χ1v) is 5.90. The zero-order chi connectivity index (χ0) is 13.0. The first kappa shape index (κ1) is 13.7. The van der Waals surface area contributed by atoms with Gasteiger partial charge in [0, 0.05) is 15.7 Å². The van der Waals surface area contributed by atoms with Crippen LogP contribution in [-0.4, -0.2) is 22.0 Å². The minimum absolute atomic E-state index is 0.0471. The van der Waals surface area contributed by atoms with Crippen LogP contribution in [0.4, 0.5) is 11.4 Å². The van der Waals surface area contributed by atoms with Gasteiger partial charge in [-0.3, -0.25) is 14.9 Å². The molecule has 0 bridgehead atoms. The number of carboxylic acid groups (broad SMARTS) is 1. The van der Waals surface area contributed by atoms with Crippen molar-refractivity contribution in [3.63, 3.8) is 0 Å². The fourth-order valence-corrected chi connectivity index (χ4v) is 1.83. The number of rotatable bonds is 5. The van der Waals surface area contributed by atoms with Crippen molar-refractivity contribution in [2.45, 2.75) is 19.4 Å². The van der Waals surface area contributed by atoms with E-state index in [0.29, 0.717) is 5.69 Å². The van der Waals surface area contributed by atoms with Gasteiger partial charge in [0.2, 0.25) is 0 Å². The highest BCUT2D eigenvalue weighted by Gasteiger charge is 2.16. The van der Waals surface area contributed by atoms with Gasteiger partial charge >= 0.3 is 5.97 Å². The summed E-state index contributed by atoms with van der Waals surface area (Å²) < 4.78 is 0.755. The second-order valence-electron chi connectivity index (χ2n) is 3.56. The first-order chi connectivity index (χ1) is 7.90. The first-order valence-electron chi connectivity index (χ1n) is 4.82. The minimum atomic E-state index is -0.946. The highest BCUT2D eigenvalue weighted by atomic mass is 127. The van der Waals surface area contributed by atoms with Crippen LogP contribution < -0.4 is 5.32 Å². The van der Waals surface area contributed by atoms with Gasteiger partial charge in [-0.05, 0) is 41.6 Å². The number of nitrogens with zero attached hydrogens (tertiary/aromatic N) is 1. The van der Waals surface area contributed by atoms with Crippen molar-refractivity contribution in [2.75, 3.05) is 5.32 Å². The van der Waals surface area contributed by atoms with Crippen molar-refractivity contribution in [3.05, 3.63) is 31.9 Å². The molecule has 0 spiro atoms. The number of aliphatic carboxylic acids is 1. The highest BCUT2D eigenvalue weighted by Crippen LogP contribution is 2.27. The predicted octanol–water partition coefficient (Wildman–Crippen LogP) is 2.47. The highest BCUT2D eigenvalue weighted by molar-refractivity contribution is 14.1. The molecule has 1 unspecified atom stereocenters. The summed E-state index contributed by atoms with van der Waals surface area (Å²) in [7, 11) is 0. The Hall–Kier alpha value is -1.38. The molecule has 1 atom stereocenters. The van der Waals surface area contributed by atoms with Crippen molar-refractivity contribution in [1.82, 2.24) is 0 Å². The van der Waals surface area contributed by atoms with Crippen molar-refractivity contribution in [1.29, 1.82) is 0 Å². The largest absolute Gasteiger partial charge is 0.481 e. The molecule has 0 amide bonds. The Bertz CT molecular complexity index is 450. The molecule has 0 fully saturated rings. The molecule has 0 aliphatic rings. The third-order valence-corrected chi connectivity index (χ3v) is 2.71. The van der Waals surface area contributed by atoms with Gasteiger partial charge in [-0.2, -0.15) is 0 Å². The van der Waals surface area contributed by atoms with Gasteiger partial charge in [-0.1, -0.05) is 0 Å². The lowest BCUT2D eigenvalue weighted by molar-refractivity contribution is -0.384. The number of carboxylic acids is 1. The van der Waals surface area contributed by atoms with Crippen LogP contribution in [-0.2, 0) is 4.79 Å². The van der Waals surface area contributed by atoms with E-state index in [0.717, 1.165) is 3.57 Å². The minimum Gasteiger partial charge on any atom is -0.481 e. The number of nitro benzene ring substituents is 1. The number of nitro groups is 1. The fourth-order valence-electron chi connectivity index (χ4n) is 1.36. The molecule has 0 aromatic heterocycles. The second kappa shape index (κ2) is 5.80. The van der Waals surface area contributed by atoms with Gasteiger partial charge in [0.05, 0.1) is 11.3 Å². The monoisotopic (exact) mass is 350 g/mol. The maximum atomic E-state index is 10.8. The summed E-state index contributed by atoms with van der Waals surface area (Å²) >= 11 is 1.98. The average Bonchev–Trinajstić information content (AvgIpc) is 2.19. The standard InChI is InChI=1S/C10H11IN2O4/c1-6(4-10(14)15)12-8-3-2-7(11)5-9(8)13(16)17/h2-3,5-6,12H,4H2,1H3,(H,14,15). The van der Waals surface area contributed by atoms with E-state index in [1.54, 1.807) is 19.1 Å². The smallest absolute Gasteiger partial charge is 0.305 e. The maximum Gasteiger partial charge on any atom is 0.305 e. The average molecular weight is 350 g/mol. The summed E-state index contributed by atoms with van der Waals surface area (Å²) in [5.41, 5.74) is 0.290. The van der Waals surface area contributed by atoms with Crippen LogP contribution in [0.25, 0.3) is 0 Å². The van der Waals surface area contributed by atoms with Gasteiger partial charge in [0.15, 0.2) is 0 Å². The maximum absolute atomic E-state index is 10.8. The van der Waals surface area contributed by atoms with E-state index in [4.69, 9.17) is 5.11 Å². The van der Waals surface area contributed by atoms with E-state index in [-0.39, 0.29) is 18.2 Å². The van der Waals surface area contributed by atoms with E-state index < -0.39 is 10.9 Å². The summed E-state index contributed by atoms with van der Waals surface area (Å²) in [6.45, 7) is 1.66. The van der Waals surface area contributed by atoms with Crippen molar-refractivity contribution < 1.29 is 14.8 Å². The molecule has 1 rings (SSSR count). The Kier molecular flexibility index (Phi) is 4.67. The van der Waals surface area contributed by atoms with Gasteiger partial charge in [-0.15, -0.1) is 0 Å². The van der Waals surface area contributed by atoms with Crippen LogP contribution in [0.2, 0.25) is 0 Å². The predicted molar refractivity (Wildman–Crippen MR) is 71.2 cm³/mol. The zero-order valence-electron chi connectivity index (χ0n) is 9.01. The third kappa shape index (κ3) is 4.17. The molecule has 6 nitrogen and oxygen atoms in total. The van der Waals surface area contributed by atoms with Gasteiger partial charge in [0.25, 0.3) is 5.69 Å². The molecular formula is C10H11IN2O4. The summed E-state index contributed by atoms with van der Waals surface area (Å²) in [4.78, 5) is 20.8. The molecule has 0 radical (unpaired) electrons. The van der Waals surface area contributed by atoms with Crippen LogP contribution in [0.5, 0.6) is 0 Å². The molecule has 1 aromatic carbocycles. The summed E-state index contributed by atoms with van der Waals surface area (Å²) in [6.07, 6.45) is -0.0941. The van der Waals surface area contributed by atoms with E-state index in [2.05, 4.69) is 5.32 Å². The van der Waals surface area contributed by atoms with Crippen LogP contribution in [0.15, 0.2) is 18.2 Å². The number of anilines is 1. The summed E-state index contributed by atoms with van der Waals surface area (Å²) in [5, 5.41) is 22.3. The summed E-state index contributed by atoms with van der Waals surface area (Å²) in [5.74, 6) is -0.946. The Morgan fingerprint density at radius 2 is 2.29 bits per heavy atom. The summed E-state index contributed by atoms with van der Waals surface area (Å²) in [6, 6.07) is 4.38. The SMILES string of the molecule is CC(CC(=O)O)Nc1ccc(I)cc1[N+](=O)[O-]. The number of hydrogen-bond acceptors (Lipinski definition) is 4. The molecule has 0 aliphatic heterocycles. The van der Waals surface area contributed by atoms with Gasteiger partial charge < -0.3 is 10.4 Å². The molecule has 2 N–H and O–H groups in total. The quantitative estimate of drug-likeness (QED) is 0.484. The van der Waals surface area contributed by atoms with Crippen LogP contribution in [0, 0.1) is 13.7 Å². The number of halogens is 1. The Labute approximate surface area is 111 Å². The fraction of sp³-hybridized carbons (Fsp3) is 0.300. The molecule has 0 saturated carbocycles. The molecule has 0 saturated heterocycles. The van der Waals surface area contributed by atoms with E-state index >= 15 is 0 Å². The molecule has 0 aliphatic carbocycles. The van der Waals surface area contributed by atoms with Crippen LogP contribution >= 0.6 is 22.6 Å². The van der Waals surface area contributed by atoms with Gasteiger partial charge in [0.1, 0.15) is 5.69 Å². The van der Waals surface area contributed by atoms with Gasteiger partial charge in [-0.25, -0.2) is 0 Å². The number of nitrogens with one attached hydrogen (secondary N) is 1. The Morgan fingerprint density at radius 1 is 1.65 bits per heavy atom. The van der Waals surface area contributed by atoms with Crippen LogP contribution in [0.3, 0.4) is 0 Å². The van der Waals surface area contributed by atoms with E-state index in [9.17, 15) is 14.9 Å². The molecule has 92 valence electrons. The van der Waals surface area contributed by atoms with E-state index in [1.807, 2.05) is 22.6 Å². The van der Waals surface area contributed by atoms with Crippen molar-refractivity contribution >= 4 is 39.9 Å². The number of benzene rings is 1. The number of carbonyl (C=O) groups is 1. The molecule has 17 heavy (non-hydrogen) atoms. The lowest BCUT2D eigenvalue weighted by Gasteiger charge is -2.13. The second-order valence-corrected chi connectivity index (χ2v) is 4.81. The normalized spacial score (nSPS) is 11.9. The van der Waals surface area contributed by atoms with Crippen molar-refractivity contribution in [2.24, 2.45) is 0 Å². The molecule has 1 aromatic rings.